The highest BCUT2D eigenvalue weighted by molar-refractivity contribution is 6.31. The fourth-order valence-electron chi connectivity index (χ4n) is 3.44. The van der Waals surface area contributed by atoms with E-state index in [0.29, 0.717) is 34.9 Å². The van der Waals surface area contributed by atoms with Gasteiger partial charge in [0.15, 0.2) is 11.5 Å². The first-order chi connectivity index (χ1) is 16.5. The molecular formula is C26H22N2O6. The van der Waals surface area contributed by atoms with Crippen molar-refractivity contribution in [2.75, 3.05) is 11.6 Å². The van der Waals surface area contributed by atoms with Crippen LogP contribution in [-0.4, -0.2) is 29.5 Å². The van der Waals surface area contributed by atoms with E-state index >= 15 is 0 Å². The van der Waals surface area contributed by atoms with Crippen LogP contribution in [0.3, 0.4) is 0 Å². The lowest BCUT2D eigenvalue weighted by molar-refractivity contribution is -0.117. The lowest BCUT2D eigenvalue weighted by atomic mass is 10.1. The van der Waals surface area contributed by atoms with Crippen molar-refractivity contribution in [3.63, 3.8) is 0 Å². The zero-order valence-electron chi connectivity index (χ0n) is 18.4. The number of nitrogens with zero attached hydrogens (tertiary/aromatic N) is 1. The molecule has 172 valence electrons. The summed E-state index contributed by atoms with van der Waals surface area (Å²) >= 11 is 0. The van der Waals surface area contributed by atoms with Crippen LogP contribution in [-0.2, 0) is 16.2 Å². The molecule has 0 unspecified atom stereocenters. The third-order valence-corrected chi connectivity index (χ3v) is 5.05. The predicted molar refractivity (Wildman–Crippen MR) is 125 cm³/mol. The van der Waals surface area contributed by atoms with Gasteiger partial charge in [0, 0.05) is 0 Å². The van der Waals surface area contributed by atoms with E-state index in [1.807, 2.05) is 13.0 Å². The van der Waals surface area contributed by atoms with Crippen LogP contribution >= 0.6 is 0 Å². The number of ether oxygens (including phenoxy) is 2. The Morgan fingerprint density at radius 1 is 0.971 bits per heavy atom. The fourth-order valence-corrected chi connectivity index (χ4v) is 3.44. The fraction of sp³-hybridized carbons (Fsp3) is 0.115. The molecule has 0 atom stereocenters. The van der Waals surface area contributed by atoms with Gasteiger partial charge in [-0.1, -0.05) is 36.4 Å². The minimum atomic E-state index is -1.01. The summed E-state index contributed by atoms with van der Waals surface area (Å²) in [5.41, 5.74) is 4.61. The molecule has 0 aromatic heterocycles. The zero-order chi connectivity index (χ0) is 24.1. The van der Waals surface area contributed by atoms with Gasteiger partial charge in [0.1, 0.15) is 12.2 Å². The molecule has 1 fully saturated rings. The van der Waals surface area contributed by atoms with Crippen LogP contribution in [0.5, 0.6) is 11.5 Å². The average molecular weight is 458 g/mol. The number of para-hydroxylation sites is 1. The molecule has 34 heavy (non-hydrogen) atoms. The molecule has 8 nitrogen and oxygen atoms in total. The maximum Gasteiger partial charge on any atom is 0.335 e. The van der Waals surface area contributed by atoms with Gasteiger partial charge in [0.2, 0.25) is 0 Å². The summed E-state index contributed by atoms with van der Waals surface area (Å²) in [7, 11) is 0. The molecule has 1 heterocycles. The molecule has 8 heteroatoms. The molecule has 0 aliphatic carbocycles. The molecule has 0 saturated carbocycles. The average Bonchev–Trinajstić information content (AvgIpc) is 3.13. The maximum absolute atomic E-state index is 12.8. The number of hydrogen-bond donors (Lipinski definition) is 2. The van der Waals surface area contributed by atoms with Crippen molar-refractivity contribution in [3.05, 3.63) is 95.1 Å². The number of rotatable bonds is 8. The van der Waals surface area contributed by atoms with E-state index < -0.39 is 17.8 Å². The number of amides is 2. The van der Waals surface area contributed by atoms with Crippen molar-refractivity contribution < 1.29 is 29.0 Å². The second-order valence-corrected chi connectivity index (χ2v) is 7.41. The van der Waals surface area contributed by atoms with Crippen molar-refractivity contribution in [3.8, 4) is 11.5 Å². The van der Waals surface area contributed by atoms with Crippen LogP contribution in [0, 0.1) is 0 Å². The number of nitrogens with one attached hydrogen (secondary N) is 1. The minimum absolute atomic E-state index is 0.00505. The van der Waals surface area contributed by atoms with Crippen LogP contribution in [0.1, 0.15) is 28.4 Å². The summed E-state index contributed by atoms with van der Waals surface area (Å²) in [6, 6.07) is 20.4. The molecule has 3 aromatic rings. The highest BCUT2D eigenvalue weighted by atomic mass is 16.5. The number of benzene rings is 3. The van der Waals surface area contributed by atoms with Crippen molar-refractivity contribution in [2.24, 2.45) is 0 Å². The van der Waals surface area contributed by atoms with Crippen molar-refractivity contribution >= 4 is 29.5 Å². The van der Waals surface area contributed by atoms with E-state index in [4.69, 9.17) is 14.6 Å². The monoisotopic (exact) mass is 458 g/mol. The molecule has 1 saturated heterocycles. The molecule has 1 aliphatic rings. The molecule has 2 amide bonds. The Kier molecular flexibility index (Phi) is 6.59. The van der Waals surface area contributed by atoms with Crippen molar-refractivity contribution in [2.45, 2.75) is 13.5 Å². The number of carbonyl (C=O) groups excluding carboxylic acids is 2. The third-order valence-electron chi connectivity index (χ3n) is 5.05. The molecule has 0 bridgehead atoms. The highest BCUT2D eigenvalue weighted by Crippen LogP contribution is 2.31. The summed E-state index contributed by atoms with van der Waals surface area (Å²) in [6.07, 6.45) is 1.50. The number of anilines is 1. The van der Waals surface area contributed by atoms with Gasteiger partial charge in [-0.3, -0.25) is 15.0 Å². The largest absolute Gasteiger partial charge is 0.490 e. The Morgan fingerprint density at radius 3 is 2.50 bits per heavy atom. The first-order valence-corrected chi connectivity index (χ1v) is 10.6. The minimum Gasteiger partial charge on any atom is -0.490 e. The standard InChI is InChI=1S/C26H22N2O6/c1-2-33-23-15-17(11-12-22(23)34-16-18-7-6-8-19(13-18)26(31)32)14-21-24(29)27-28(25(21)30)20-9-4-3-5-10-20/h3-15H,2,16H2,1H3,(H,27,29)(H,31,32)/b21-14-. The Morgan fingerprint density at radius 2 is 1.76 bits per heavy atom. The van der Waals surface area contributed by atoms with Crippen LogP contribution < -0.4 is 19.9 Å². The first kappa shape index (κ1) is 22.6. The summed E-state index contributed by atoms with van der Waals surface area (Å²) in [4.78, 5) is 36.4. The second-order valence-electron chi connectivity index (χ2n) is 7.41. The van der Waals surface area contributed by atoms with Gasteiger partial charge in [-0.25, -0.2) is 9.80 Å². The Hall–Kier alpha value is -4.59. The molecule has 4 rings (SSSR count). The summed E-state index contributed by atoms with van der Waals surface area (Å²) < 4.78 is 11.6. The van der Waals surface area contributed by atoms with Gasteiger partial charge in [-0.05, 0) is 60.5 Å². The number of hydrogen-bond acceptors (Lipinski definition) is 5. The van der Waals surface area contributed by atoms with E-state index in [0.717, 1.165) is 0 Å². The molecule has 2 N–H and O–H groups in total. The van der Waals surface area contributed by atoms with Gasteiger partial charge in [-0.15, -0.1) is 0 Å². The summed E-state index contributed by atoms with van der Waals surface area (Å²) in [5.74, 6) is -1.06. The van der Waals surface area contributed by atoms with Crippen LogP contribution in [0.4, 0.5) is 5.69 Å². The molecular weight excluding hydrogens is 436 g/mol. The van der Waals surface area contributed by atoms with E-state index in [2.05, 4.69) is 5.43 Å². The highest BCUT2D eigenvalue weighted by Gasteiger charge is 2.34. The van der Waals surface area contributed by atoms with Gasteiger partial charge in [-0.2, -0.15) is 0 Å². The number of hydrazine groups is 1. The first-order valence-electron chi connectivity index (χ1n) is 10.6. The van der Waals surface area contributed by atoms with Crippen molar-refractivity contribution in [1.29, 1.82) is 0 Å². The molecule has 0 spiro atoms. The van der Waals surface area contributed by atoms with E-state index in [9.17, 15) is 14.4 Å². The van der Waals surface area contributed by atoms with Gasteiger partial charge >= 0.3 is 5.97 Å². The smallest absolute Gasteiger partial charge is 0.335 e. The van der Waals surface area contributed by atoms with Gasteiger partial charge in [0.25, 0.3) is 11.8 Å². The van der Waals surface area contributed by atoms with Crippen molar-refractivity contribution in [1.82, 2.24) is 5.43 Å². The number of carboxylic acids is 1. The Labute approximate surface area is 196 Å². The quantitative estimate of drug-likeness (QED) is 0.393. The lowest BCUT2D eigenvalue weighted by Crippen LogP contribution is -2.35. The normalized spacial score (nSPS) is 14.3. The van der Waals surface area contributed by atoms with E-state index in [1.165, 1.54) is 17.2 Å². The number of aromatic carboxylic acids is 1. The lowest BCUT2D eigenvalue weighted by Gasteiger charge is -2.14. The van der Waals surface area contributed by atoms with E-state index in [1.54, 1.807) is 60.7 Å². The van der Waals surface area contributed by atoms with Gasteiger partial charge in [0.05, 0.1) is 17.9 Å². The maximum atomic E-state index is 12.8. The predicted octanol–water partition coefficient (Wildman–Crippen LogP) is 3.82. The number of carbonyl (C=O) groups is 3. The van der Waals surface area contributed by atoms with E-state index in [-0.39, 0.29) is 17.7 Å². The molecule has 0 radical (unpaired) electrons. The SMILES string of the molecule is CCOc1cc(/C=C2/C(=O)NN(c3ccccc3)C2=O)ccc1OCc1cccc(C(=O)O)c1. The summed E-state index contributed by atoms with van der Waals surface area (Å²) in [5, 5.41) is 10.4. The van der Waals surface area contributed by atoms with Gasteiger partial charge < -0.3 is 14.6 Å². The summed E-state index contributed by atoms with van der Waals surface area (Å²) in [6.45, 7) is 2.36. The van der Waals surface area contributed by atoms with Crippen LogP contribution in [0.25, 0.3) is 6.08 Å². The Balaban J connectivity index is 1.55. The van der Waals surface area contributed by atoms with Crippen LogP contribution in [0.2, 0.25) is 0 Å². The molecule has 1 aliphatic heterocycles. The third kappa shape index (κ3) is 4.91. The second kappa shape index (κ2) is 9.91. The van der Waals surface area contributed by atoms with Crippen LogP contribution in [0.15, 0.2) is 78.4 Å². The zero-order valence-corrected chi connectivity index (χ0v) is 18.4. The number of carboxylic acid groups (broad SMARTS) is 1. The topological polar surface area (TPSA) is 105 Å². The molecule has 3 aromatic carbocycles. The Bertz CT molecular complexity index is 1270.